The van der Waals surface area contributed by atoms with Crippen LogP contribution in [0, 0.1) is 17.0 Å². The molecule has 0 aliphatic carbocycles. The molecule has 0 aliphatic rings. The van der Waals surface area contributed by atoms with Crippen molar-refractivity contribution in [2.75, 3.05) is 5.32 Å². The zero-order valence-corrected chi connectivity index (χ0v) is 14.3. The van der Waals surface area contributed by atoms with Gasteiger partial charge < -0.3 is 10.4 Å². The van der Waals surface area contributed by atoms with Gasteiger partial charge in [0.2, 0.25) is 0 Å². The first-order valence-electron chi connectivity index (χ1n) is 7.43. The van der Waals surface area contributed by atoms with Gasteiger partial charge in [0, 0.05) is 22.5 Å². The number of hydrogen-bond donors (Lipinski definition) is 3. The van der Waals surface area contributed by atoms with Gasteiger partial charge in [0.05, 0.1) is 4.92 Å². The summed E-state index contributed by atoms with van der Waals surface area (Å²) in [5.41, 5.74) is 0.921. The standard InChI is InChI=1S/C17H14N2O6S/c1-10-5-7-14(19(21)22)13(9-10)18-12-6-8-15(20)11-3-2-4-16(17(11)12)26(23,24)25/h2-9,18,20H,1H3,(H,23,24,25). The molecule has 0 spiro atoms. The van der Waals surface area contributed by atoms with Crippen LogP contribution in [0.3, 0.4) is 0 Å². The van der Waals surface area contributed by atoms with E-state index in [1.807, 2.05) is 0 Å². The molecular formula is C17H14N2O6S. The average Bonchev–Trinajstić information content (AvgIpc) is 2.56. The van der Waals surface area contributed by atoms with Crippen LogP contribution >= 0.6 is 0 Å². The van der Waals surface area contributed by atoms with E-state index >= 15 is 0 Å². The molecule has 134 valence electrons. The van der Waals surface area contributed by atoms with Crippen LogP contribution in [0.4, 0.5) is 17.1 Å². The van der Waals surface area contributed by atoms with E-state index in [0.29, 0.717) is 0 Å². The smallest absolute Gasteiger partial charge is 0.295 e. The maximum Gasteiger partial charge on any atom is 0.295 e. The molecule has 0 aromatic heterocycles. The lowest BCUT2D eigenvalue weighted by Gasteiger charge is -2.14. The van der Waals surface area contributed by atoms with E-state index in [1.165, 1.54) is 36.4 Å². The molecule has 0 radical (unpaired) electrons. The highest BCUT2D eigenvalue weighted by atomic mass is 32.2. The molecule has 0 saturated heterocycles. The molecule has 3 rings (SSSR count). The highest BCUT2D eigenvalue weighted by Gasteiger charge is 2.20. The van der Waals surface area contributed by atoms with Gasteiger partial charge in [-0.1, -0.05) is 18.2 Å². The second-order valence-electron chi connectivity index (χ2n) is 5.69. The van der Waals surface area contributed by atoms with Crippen LogP contribution in [0.15, 0.2) is 53.4 Å². The lowest BCUT2D eigenvalue weighted by atomic mass is 10.1. The van der Waals surface area contributed by atoms with Gasteiger partial charge in [-0.05, 0) is 36.8 Å². The van der Waals surface area contributed by atoms with Crippen LogP contribution in [-0.4, -0.2) is 23.0 Å². The van der Waals surface area contributed by atoms with Gasteiger partial charge in [0.15, 0.2) is 0 Å². The van der Waals surface area contributed by atoms with Crippen molar-refractivity contribution in [3.8, 4) is 5.75 Å². The topological polar surface area (TPSA) is 130 Å². The molecule has 0 saturated carbocycles. The Bertz CT molecular complexity index is 1140. The maximum atomic E-state index is 11.7. The number of aryl methyl sites for hydroxylation is 1. The average molecular weight is 374 g/mol. The third kappa shape index (κ3) is 3.17. The molecule has 0 heterocycles. The van der Waals surface area contributed by atoms with Crippen molar-refractivity contribution in [2.24, 2.45) is 0 Å². The number of benzene rings is 3. The predicted molar refractivity (Wildman–Crippen MR) is 96.5 cm³/mol. The second kappa shape index (κ2) is 6.28. The van der Waals surface area contributed by atoms with E-state index in [2.05, 4.69) is 5.32 Å². The van der Waals surface area contributed by atoms with Crippen LogP contribution in [0.1, 0.15) is 5.56 Å². The van der Waals surface area contributed by atoms with E-state index < -0.39 is 19.9 Å². The molecule has 3 aromatic rings. The van der Waals surface area contributed by atoms with Gasteiger partial charge in [-0.3, -0.25) is 14.7 Å². The fourth-order valence-corrected chi connectivity index (χ4v) is 3.46. The highest BCUT2D eigenvalue weighted by Crippen LogP contribution is 2.38. The minimum atomic E-state index is -4.58. The first kappa shape index (κ1) is 17.6. The summed E-state index contributed by atoms with van der Waals surface area (Å²) < 4.78 is 33.0. The number of nitro groups is 1. The molecule has 0 bridgehead atoms. The minimum absolute atomic E-state index is 0.0332. The summed E-state index contributed by atoms with van der Waals surface area (Å²) in [6.07, 6.45) is 0. The summed E-state index contributed by atoms with van der Waals surface area (Å²) >= 11 is 0. The van der Waals surface area contributed by atoms with Gasteiger partial charge in [-0.25, -0.2) is 0 Å². The third-order valence-corrected chi connectivity index (χ3v) is 4.77. The minimum Gasteiger partial charge on any atom is -0.507 e. The van der Waals surface area contributed by atoms with Gasteiger partial charge in [-0.15, -0.1) is 0 Å². The van der Waals surface area contributed by atoms with Crippen molar-refractivity contribution < 1.29 is 23.0 Å². The summed E-state index contributed by atoms with van der Waals surface area (Å²) in [7, 11) is -4.58. The first-order chi connectivity index (χ1) is 12.2. The van der Waals surface area contributed by atoms with E-state index in [9.17, 15) is 28.2 Å². The van der Waals surface area contributed by atoms with Crippen LogP contribution in [0.2, 0.25) is 0 Å². The lowest BCUT2D eigenvalue weighted by Crippen LogP contribution is -2.03. The van der Waals surface area contributed by atoms with Crippen LogP contribution in [-0.2, 0) is 10.1 Å². The number of phenols is 1. The molecule has 3 aromatic carbocycles. The van der Waals surface area contributed by atoms with Crippen LogP contribution < -0.4 is 5.32 Å². The number of fused-ring (bicyclic) bond motifs is 1. The Morgan fingerprint density at radius 3 is 2.46 bits per heavy atom. The number of hydrogen-bond acceptors (Lipinski definition) is 6. The molecule has 0 fully saturated rings. The number of nitro benzene ring substituents is 1. The van der Waals surface area contributed by atoms with Crippen molar-refractivity contribution >= 4 is 38.0 Å². The SMILES string of the molecule is Cc1ccc([N+](=O)[O-])c(Nc2ccc(O)c3cccc(S(=O)(=O)O)c23)c1. The predicted octanol–water partition coefficient (Wildman–Crippen LogP) is 3.75. The van der Waals surface area contributed by atoms with Gasteiger partial charge in [0.25, 0.3) is 15.8 Å². The van der Waals surface area contributed by atoms with E-state index in [-0.39, 0.29) is 33.6 Å². The molecule has 3 N–H and O–H groups in total. The zero-order valence-electron chi connectivity index (χ0n) is 13.5. The van der Waals surface area contributed by atoms with Gasteiger partial charge in [0.1, 0.15) is 16.3 Å². The number of rotatable bonds is 4. The third-order valence-electron chi connectivity index (χ3n) is 3.88. The van der Waals surface area contributed by atoms with Crippen LogP contribution in [0.5, 0.6) is 5.75 Å². The number of phenolic OH excluding ortho intramolecular Hbond substituents is 1. The summed E-state index contributed by atoms with van der Waals surface area (Å²) in [6.45, 7) is 1.76. The summed E-state index contributed by atoms with van der Waals surface area (Å²) in [6, 6.07) is 11.2. The number of anilines is 2. The quantitative estimate of drug-likeness (QED) is 0.274. The van der Waals surface area contributed by atoms with Gasteiger partial charge in [-0.2, -0.15) is 8.42 Å². The maximum absolute atomic E-state index is 11.7. The van der Waals surface area contributed by atoms with Crippen molar-refractivity contribution in [3.63, 3.8) is 0 Å². The fourth-order valence-electron chi connectivity index (χ4n) is 2.73. The molecule has 0 amide bonds. The van der Waals surface area contributed by atoms with Crippen molar-refractivity contribution in [1.82, 2.24) is 0 Å². The molecule has 8 nitrogen and oxygen atoms in total. The van der Waals surface area contributed by atoms with Crippen molar-refractivity contribution in [2.45, 2.75) is 11.8 Å². The zero-order chi connectivity index (χ0) is 19.1. The van der Waals surface area contributed by atoms with Gasteiger partial charge >= 0.3 is 0 Å². The van der Waals surface area contributed by atoms with Crippen molar-refractivity contribution in [3.05, 3.63) is 64.2 Å². The first-order valence-corrected chi connectivity index (χ1v) is 8.87. The fraction of sp³-hybridized carbons (Fsp3) is 0.0588. The Balaban J connectivity index is 2.30. The van der Waals surface area contributed by atoms with E-state index in [0.717, 1.165) is 5.56 Å². The monoisotopic (exact) mass is 374 g/mol. The Morgan fingerprint density at radius 2 is 1.81 bits per heavy atom. The Kier molecular flexibility index (Phi) is 4.26. The highest BCUT2D eigenvalue weighted by molar-refractivity contribution is 7.86. The summed E-state index contributed by atoms with van der Waals surface area (Å²) in [4.78, 5) is 10.3. The Hall–Kier alpha value is -3.17. The molecule has 0 atom stereocenters. The lowest BCUT2D eigenvalue weighted by molar-refractivity contribution is -0.383. The number of aromatic hydroxyl groups is 1. The number of nitrogens with zero attached hydrogens (tertiary/aromatic N) is 1. The summed E-state index contributed by atoms with van der Waals surface area (Å²) in [5.74, 6) is -0.185. The Labute approximate surface area is 148 Å². The normalized spacial score (nSPS) is 11.5. The van der Waals surface area contributed by atoms with Crippen LogP contribution in [0.25, 0.3) is 10.8 Å². The molecule has 0 unspecified atom stereocenters. The second-order valence-corrected chi connectivity index (χ2v) is 7.08. The molecule has 9 heteroatoms. The van der Waals surface area contributed by atoms with Crippen molar-refractivity contribution in [1.29, 1.82) is 0 Å². The molecule has 0 aliphatic heterocycles. The molecule has 26 heavy (non-hydrogen) atoms. The Morgan fingerprint density at radius 1 is 1.08 bits per heavy atom. The van der Waals surface area contributed by atoms with E-state index in [4.69, 9.17) is 0 Å². The number of nitrogens with one attached hydrogen (secondary N) is 1. The largest absolute Gasteiger partial charge is 0.507 e. The molecular weight excluding hydrogens is 360 g/mol. The van der Waals surface area contributed by atoms with E-state index in [1.54, 1.807) is 19.1 Å². The summed E-state index contributed by atoms with van der Waals surface area (Å²) in [5, 5.41) is 24.3.